The molecule has 0 saturated carbocycles. The monoisotopic (exact) mass is 144 g/mol. The van der Waals surface area contributed by atoms with E-state index >= 15 is 0 Å². The summed E-state index contributed by atoms with van der Waals surface area (Å²) < 4.78 is 34.5. The third-order valence-electron chi connectivity index (χ3n) is 1.30. The van der Waals surface area contributed by atoms with Gasteiger partial charge in [0.15, 0.2) is 5.76 Å². The van der Waals surface area contributed by atoms with E-state index in [1.807, 2.05) is 5.16 Å². The van der Waals surface area contributed by atoms with Crippen molar-refractivity contribution in [3.05, 3.63) is 21.7 Å². The lowest BCUT2D eigenvalue weighted by atomic mass is 10.1. The molecule has 2 rings (SSSR count). The Labute approximate surface area is 62.8 Å². The van der Waals surface area contributed by atoms with Crippen molar-refractivity contribution in [1.82, 2.24) is 10.5 Å². The molecule has 0 spiro atoms. The van der Waals surface area contributed by atoms with Gasteiger partial charge in [0.1, 0.15) is 0 Å². The molecule has 0 aromatic carbocycles. The molecule has 0 amide bonds. The molecule has 2 heterocycles. The highest BCUT2D eigenvalue weighted by Crippen LogP contribution is 2.06. The van der Waals surface area contributed by atoms with Crippen molar-refractivity contribution in [1.29, 1.82) is 0 Å². The molecule has 1 aliphatic rings. The molecular weight excluding hydrogens is 132 g/mol. The topological polar surface area (TPSA) is 58.0 Å². The lowest BCUT2D eigenvalue weighted by molar-refractivity contribution is 0.362. The Balaban J connectivity index is 2.67. The minimum atomic E-state index is -2.39. The summed E-state index contributed by atoms with van der Waals surface area (Å²) in [7, 11) is 0. The molecule has 4 nitrogen and oxygen atoms in total. The highest BCUT2D eigenvalue weighted by molar-refractivity contribution is 5.16. The van der Waals surface area contributed by atoms with Crippen molar-refractivity contribution in [2.24, 2.45) is 0 Å². The molecule has 0 atom stereocenters. The van der Waals surface area contributed by atoms with Crippen molar-refractivity contribution in [3.8, 4) is 0 Å². The molecule has 0 aliphatic carbocycles. The van der Waals surface area contributed by atoms with E-state index in [1.165, 1.54) is 0 Å². The average molecular weight is 144 g/mol. The Morgan fingerprint density at radius 3 is 3.50 bits per heavy atom. The first-order valence-electron chi connectivity index (χ1n) is 4.82. The second-order valence-electron chi connectivity index (χ2n) is 1.93. The number of hydrogen-bond acceptors (Lipinski definition) is 3. The van der Waals surface area contributed by atoms with Crippen molar-refractivity contribution >= 4 is 0 Å². The summed E-state index contributed by atoms with van der Waals surface area (Å²) in [6, 6.07) is 0. The van der Waals surface area contributed by atoms with Gasteiger partial charge in [-0.2, -0.15) is 5.16 Å². The Bertz CT molecular complexity index is 422. The molecule has 0 fully saturated rings. The van der Waals surface area contributed by atoms with Gasteiger partial charge >= 0.3 is 0 Å². The first kappa shape index (κ1) is 2.92. The molecular formula is C6H8N2O2. The van der Waals surface area contributed by atoms with E-state index in [2.05, 4.69) is 5.32 Å². The summed E-state index contributed by atoms with van der Waals surface area (Å²) in [6.45, 7) is -2.27. The number of fused-ring (bicyclic) bond motifs is 1. The van der Waals surface area contributed by atoms with E-state index in [9.17, 15) is 4.79 Å². The van der Waals surface area contributed by atoms with Gasteiger partial charge in [0.25, 0.3) is 5.56 Å². The van der Waals surface area contributed by atoms with Gasteiger partial charge in [-0.15, -0.1) is 0 Å². The number of aromatic nitrogens is 1. The maximum Gasteiger partial charge on any atom is 0.283 e. The highest BCUT2D eigenvalue weighted by Gasteiger charge is 2.15. The smallest absolute Gasteiger partial charge is 0.283 e. The summed E-state index contributed by atoms with van der Waals surface area (Å²) in [5.74, 6) is 0.120. The summed E-state index contributed by atoms with van der Waals surface area (Å²) in [6.07, 6.45) is -2.39. The van der Waals surface area contributed by atoms with Gasteiger partial charge in [0, 0.05) is 5.48 Å². The minimum Gasteiger partial charge on any atom is -0.382 e. The van der Waals surface area contributed by atoms with Crippen molar-refractivity contribution in [2.45, 2.75) is 12.9 Å². The fourth-order valence-corrected chi connectivity index (χ4v) is 0.819. The van der Waals surface area contributed by atoms with Crippen LogP contribution in [0.3, 0.4) is 0 Å². The predicted molar refractivity (Wildman–Crippen MR) is 34.7 cm³/mol. The average Bonchev–Trinajstić information content (AvgIpc) is 2.42. The third-order valence-corrected chi connectivity index (χ3v) is 1.30. The standard InChI is InChI=1S/C6H8N2O2/c9-6-4-1-2-7-3-5(4)10-8-6/h7H,1-3H2,(H,8,9)/i1D2,2D2. The van der Waals surface area contributed by atoms with Gasteiger partial charge in [0.2, 0.25) is 0 Å². The van der Waals surface area contributed by atoms with Gasteiger partial charge < -0.3 is 9.84 Å². The van der Waals surface area contributed by atoms with Gasteiger partial charge in [-0.25, -0.2) is 0 Å². The molecule has 10 heavy (non-hydrogen) atoms. The van der Waals surface area contributed by atoms with Crippen LogP contribution in [0.1, 0.15) is 16.8 Å². The highest BCUT2D eigenvalue weighted by atomic mass is 16.5. The van der Waals surface area contributed by atoms with E-state index in [-0.39, 0.29) is 17.9 Å². The molecule has 4 heteroatoms. The van der Waals surface area contributed by atoms with Crippen LogP contribution < -0.4 is 10.9 Å². The number of nitrogens with one attached hydrogen (secondary N) is 2. The van der Waals surface area contributed by atoms with Crippen LogP contribution in [0.15, 0.2) is 9.32 Å². The van der Waals surface area contributed by atoms with Crippen LogP contribution in [0.5, 0.6) is 0 Å². The van der Waals surface area contributed by atoms with Gasteiger partial charge in [-0.05, 0) is 12.9 Å². The predicted octanol–water partition coefficient (Wildman–Crippen LogP) is -0.386. The number of rotatable bonds is 0. The zero-order valence-corrected chi connectivity index (χ0v) is 5.02. The van der Waals surface area contributed by atoms with Crippen molar-refractivity contribution in [3.63, 3.8) is 0 Å². The first-order valence-corrected chi connectivity index (χ1v) is 2.82. The zero-order chi connectivity index (χ0) is 10.6. The Morgan fingerprint density at radius 2 is 2.60 bits per heavy atom. The Hall–Kier alpha value is -1.03. The second kappa shape index (κ2) is 1.98. The first-order chi connectivity index (χ1) is 6.36. The van der Waals surface area contributed by atoms with Crippen molar-refractivity contribution < 1.29 is 10.0 Å². The largest absolute Gasteiger partial charge is 0.382 e. The van der Waals surface area contributed by atoms with Crippen molar-refractivity contribution in [2.75, 3.05) is 6.50 Å². The Kier molecular flexibility index (Phi) is 0.579. The van der Waals surface area contributed by atoms with Crippen LogP contribution in [0.25, 0.3) is 0 Å². The maximum absolute atomic E-state index is 11.2. The number of aromatic amines is 1. The second-order valence-corrected chi connectivity index (χ2v) is 1.93. The molecule has 0 unspecified atom stereocenters. The van der Waals surface area contributed by atoms with Crippen LogP contribution in [-0.4, -0.2) is 11.7 Å². The van der Waals surface area contributed by atoms with Crippen LogP contribution in [0.4, 0.5) is 0 Å². The minimum absolute atomic E-state index is 0.000579. The number of H-pyrrole nitrogens is 1. The zero-order valence-electron chi connectivity index (χ0n) is 9.02. The van der Waals surface area contributed by atoms with Gasteiger partial charge in [-0.3, -0.25) is 4.79 Å². The number of hydrogen-bond donors (Lipinski definition) is 2. The molecule has 0 radical (unpaired) electrons. The van der Waals surface area contributed by atoms with Gasteiger partial charge in [-0.1, -0.05) is 0 Å². The van der Waals surface area contributed by atoms with E-state index in [0.29, 0.717) is 0 Å². The fraction of sp³-hybridized carbons (Fsp3) is 0.500. The van der Waals surface area contributed by atoms with Crippen LogP contribution in [-0.2, 0) is 12.9 Å². The fourth-order valence-electron chi connectivity index (χ4n) is 0.819. The molecule has 1 aliphatic heterocycles. The summed E-state index contributed by atoms with van der Waals surface area (Å²) in [5, 5.41) is 4.32. The molecule has 2 N–H and O–H groups in total. The summed E-state index contributed by atoms with van der Waals surface area (Å²) in [4.78, 5) is 11.2. The summed E-state index contributed by atoms with van der Waals surface area (Å²) >= 11 is 0. The SMILES string of the molecule is [2H]C1([2H])NCc2o[nH]c(=O)c2C1([2H])[2H]. The van der Waals surface area contributed by atoms with E-state index in [4.69, 9.17) is 10.0 Å². The molecule has 1 aromatic heterocycles. The van der Waals surface area contributed by atoms with E-state index < -0.39 is 18.4 Å². The van der Waals surface area contributed by atoms with Crippen LogP contribution in [0, 0.1) is 0 Å². The third kappa shape index (κ3) is 0.690. The quantitative estimate of drug-likeness (QED) is 0.521. The summed E-state index contributed by atoms with van der Waals surface area (Å²) in [5.41, 5.74) is -0.975. The molecule has 54 valence electrons. The lowest BCUT2D eigenvalue weighted by Crippen LogP contribution is -2.25. The normalized spacial score (nSPS) is 32.8. The lowest BCUT2D eigenvalue weighted by Gasteiger charge is -2.07. The van der Waals surface area contributed by atoms with E-state index in [0.717, 1.165) is 0 Å². The molecule has 0 saturated heterocycles. The molecule has 0 bridgehead atoms. The van der Waals surface area contributed by atoms with Gasteiger partial charge in [0.05, 0.1) is 12.1 Å². The van der Waals surface area contributed by atoms with Crippen LogP contribution >= 0.6 is 0 Å². The van der Waals surface area contributed by atoms with Crippen LogP contribution in [0.2, 0.25) is 0 Å². The molecule has 1 aromatic rings. The maximum atomic E-state index is 11.2. The van der Waals surface area contributed by atoms with E-state index in [1.54, 1.807) is 0 Å². The Morgan fingerprint density at radius 1 is 1.70 bits per heavy atom.